The zero-order valence-corrected chi connectivity index (χ0v) is 16.8. The van der Waals surface area contributed by atoms with Crippen molar-refractivity contribution in [3.63, 3.8) is 0 Å². The fourth-order valence-corrected chi connectivity index (χ4v) is 5.19. The van der Waals surface area contributed by atoms with Crippen LogP contribution in [0.2, 0.25) is 0 Å². The van der Waals surface area contributed by atoms with Crippen molar-refractivity contribution in [2.75, 3.05) is 20.3 Å². The molecule has 2 aliphatic heterocycles. The number of rotatable bonds is 4. The number of hydrogen-bond acceptors (Lipinski definition) is 3. The van der Waals surface area contributed by atoms with Crippen molar-refractivity contribution in [1.29, 1.82) is 0 Å². The Kier molecular flexibility index (Phi) is 6.20. The SMILES string of the molecule is COCC(=O)N1CCCCC[C@@H]2N(C(C)=O)[C@H](Cc3ccccc3)C[C@@]21C. The molecule has 1 aromatic rings. The fourth-order valence-electron chi connectivity index (χ4n) is 5.19. The van der Waals surface area contributed by atoms with Gasteiger partial charge in [-0.3, -0.25) is 9.59 Å². The first-order valence-corrected chi connectivity index (χ1v) is 10.1. The highest BCUT2D eigenvalue weighted by Gasteiger charge is 2.54. The Bertz CT molecular complexity index is 663. The lowest BCUT2D eigenvalue weighted by atomic mass is 9.83. The summed E-state index contributed by atoms with van der Waals surface area (Å²) in [5.74, 6) is 0.153. The summed E-state index contributed by atoms with van der Waals surface area (Å²) >= 11 is 0. The lowest BCUT2D eigenvalue weighted by molar-refractivity contribution is -0.145. The zero-order valence-electron chi connectivity index (χ0n) is 16.8. The van der Waals surface area contributed by atoms with E-state index in [1.165, 1.54) is 5.56 Å². The van der Waals surface area contributed by atoms with Gasteiger partial charge in [-0.05, 0) is 38.2 Å². The molecule has 27 heavy (non-hydrogen) atoms. The van der Waals surface area contributed by atoms with E-state index in [-0.39, 0.29) is 36.0 Å². The highest BCUT2D eigenvalue weighted by atomic mass is 16.5. The van der Waals surface area contributed by atoms with Crippen LogP contribution in [0.1, 0.15) is 51.5 Å². The molecule has 0 unspecified atom stereocenters. The Morgan fingerprint density at radius 3 is 2.59 bits per heavy atom. The van der Waals surface area contributed by atoms with Crippen molar-refractivity contribution >= 4 is 11.8 Å². The number of carbonyl (C=O) groups is 2. The fraction of sp³-hybridized carbons (Fsp3) is 0.636. The van der Waals surface area contributed by atoms with Crippen LogP contribution in [0.15, 0.2) is 30.3 Å². The molecule has 2 aliphatic rings. The van der Waals surface area contributed by atoms with E-state index in [0.29, 0.717) is 0 Å². The predicted octanol–water partition coefficient (Wildman–Crippen LogP) is 3.03. The van der Waals surface area contributed by atoms with Crippen LogP contribution in [0, 0.1) is 0 Å². The second-order valence-corrected chi connectivity index (χ2v) is 8.17. The first kappa shape index (κ1) is 19.9. The Morgan fingerprint density at radius 1 is 1.19 bits per heavy atom. The lowest BCUT2D eigenvalue weighted by Gasteiger charge is -2.45. The average Bonchev–Trinajstić information content (AvgIpc) is 2.88. The van der Waals surface area contributed by atoms with E-state index in [2.05, 4.69) is 24.0 Å². The summed E-state index contributed by atoms with van der Waals surface area (Å²) in [5.41, 5.74) is 0.905. The van der Waals surface area contributed by atoms with E-state index in [1.807, 2.05) is 23.1 Å². The van der Waals surface area contributed by atoms with Crippen LogP contribution in [-0.4, -0.2) is 59.5 Å². The van der Waals surface area contributed by atoms with Crippen LogP contribution >= 0.6 is 0 Å². The summed E-state index contributed by atoms with van der Waals surface area (Å²) in [5, 5.41) is 0. The summed E-state index contributed by atoms with van der Waals surface area (Å²) in [4.78, 5) is 29.6. The van der Waals surface area contributed by atoms with E-state index in [0.717, 1.165) is 45.1 Å². The summed E-state index contributed by atoms with van der Waals surface area (Å²) in [7, 11) is 1.57. The monoisotopic (exact) mass is 372 g/mol. The molecule has 1 aromatic carbocycles. The van der Waals surface area contributed by atoms with E-state index in [4.69, 9.17) is 4.74 Å². The van der Waals surface area contributed by atoms with Crippen LogP contribution < -0.4 is 0 Å². The van der Waals surface area contributed by atoms with Gasteiger partial charge in [0.1, 0.15) is 6.61 Å². The Labute approximate surface area is 162 Å². The first-order chi connectivity index (χ1) is 13.0. The average molecular weight is 373 g/mol. The maximum Gasteiger partial charge on any atom is 0.249 e. The van der Waals surface area contributed by atoms with E-state index in [9.17, 15) is 9.59 Å². The van der Waals surface area contributed by atoms with Gasteiger partial charge in [-0.2, -0.15) is 0 Å². The van der Waals surface area contributed by atoms with Crippen LogP contribution in [0.4, 0.5) is 0 Å². The van der Waals surface area contributed by atoms with E-state index >= 15 is 0 Å². The highest BCUT2D eigenvalue weighted by Crippen LogP contribution is 2.43. The number of ether oxygens (including phenoxy) is 1. The van der Waals surface area contributed by atoms with Gasteiger partial charge >= 0.3 is 0 Å². The van der Waals surface area contributed by atoms with Crippen molar-refractivity contribution in [1.82, 2.24) is 9.80 Å². The lowest BCUT2D eigenvalue weighted by Crippen LogP contribution is -2.59. The number of fused-ring (bicyclic) bond motifs is 1. The maximum absolute atomic E-state index is 12.8. The van der Waals surface area contributed by atoms with Crippen LogP contribution in [0.3, 0.4) is 0 Å². The van der Waals surface area contributed by atoms with Crippen LogP contribution in [-0.2, 0) is 20.7 Å². The normalized spacial score (nSPS) is 28.4. The van der Waals surface area contributed by atoms with Gasteiger partial charge in [0.15, 0.2) is 0 Å². The van der Waals surface area contributed by atoms with Crippen molar-refractivity contribution < 1.29 is 14.3 Å². The van der Waals surface area contributed by atoms with Gasteiger partial charge in [-0.15, -0.1) is 0 Å². The van der Waals surface area contributed by atoms with Crippen molar-refractivity contribution in [3.05, 3.63) is 35.9 Å². The van der Waals surface area contributed by atoms with Gasteiger partial charge in [0.25, 0.3) is 0 Å². The molecular formula is C22H32N2O3. The molecular weight excluding hydrogens is 340 g/mol. The number of likely N-dealkylation sites (tertiary alicyclic amines) is 2. The summed E-state index contributed by atoms with van der Waals surface area (Å²) in [6.45, 7) is 4.70. The van der Waals surface area contributed by atoms with Gasteiger partial charge in [0.05, 0.1) is 11.6 Å². The second kappa shape index (κ2) is 8.42. The number of benzene rings is 1. The minimum Gasteiger partial charge on any atom is -0.375 e. The summed E-state index contributed by atoms with van der Waals surface area (Å²) in [6.07, 6.45) is 5.83. The van der Waals surface area contributed by atoms with Gasteiger partial charge in [0.2, 0.25) is 11.8 Å². The molecule has 0 bridgehead atoms. The molecule has 2 saturated heterocycles. The smallest absolute Gasteiger partial charge is 0.249 e. The molecule has 0 aliphatic carbocycles. The van der Waals surface area contributed by atoms with Crippen molar-refractivity contribution in [3.8, 4) is 0 Å². The Hall–Kier alpha value is -1.88. The van der Waals surface area contributed by atoms with Crippen molar-refractivity contribution in [2.45, 2.75) is 70.0 Å². The zero-order chi connectivity index (χ0) is 19.4. The minimum absolute atomic E-state index is 0.0377. The molecule has 0 N–H and O–H groups in total. The number of nitrogens with zero attached hydrogens (tertiary/aromatic N) is 2. The van der Waals surface area contributed by atoms with Gasteiger partial charge in [-0.25, -0.2) is 0 Å². The highest BCUT2D eigenvalue weighted by molar-refractivity contribution is 5.79. The second-order valence-electron chi connectivity index (χ2n) is 8.17. The van der Waals surface area contributed by atoms with E-state index in [1.54, 1.807) is 14.0 Å². The Morgan fingerprint density at radius 2 is 1.93 bits per heavy atom. The molecule has 3 atom stereocenters. The van der Waals surface area contributed by atoms with Gasteiger partial charge in [0, 0.05) is 26.6 Å². The quantitative estimate of drug-likeness (QED) is 0.816. The molecule has 0 saturated carbocycles. The molecule has 3 rings (SSSR count). The van der Waals surface area contributed by atoms with Crippen LogP contribution in [0.25, 0.3) is 0 Å². The van der Waals surface area contributed by atoms with Crippen molar-refractivity contribution in [2.24, 2.45) is 0 Å². The number of hydrogen-bond donors (Lipinski definition) is 0. The topological polar surface area (TPSA) is 49.9 Å². The number of carbonyl (C=O) groups excluding carboxylic acids is 2. The standard InChI is InChI=1S/C22H32N2O3/c1-17(25)24-19(14-18-10-6-4-7-11-18)15-22(2)20(24)12-8-5-9-13-23(22)21(26)16-27-3/h4,6-7,10-11,19-20H,5,8-9,12-16H2,1-3H3/t19-,20+,22+/m1/s1. The number of amides is 2. The van der Waals surface area contributed by atoms with Crippen LogP contribution in [0.5, 0.6) is 0 Å². The summed E-state index contributed by atoms with van der Waals surface area (Å²) in [6, 6.07) is 10.5. The van der Waals surface area contributed by atoms with Gasteiger partial charge in [-0.1, -0.05) is 43.2 Å². The molecule has 0 aromatic heterocycles. The van der Waals surface area contributed by atoms with E-state index < -0.39 is 0 Å². The first-order valence-electron chi connectivity index (χ1n) is 10.1. The predicted molar refractivity (Wildman–Crippen MR) is 105 cm³/mol. The molecule has 0 spiro atoms. The molecule has 2 amide bonds. The summed E-state index contributed by atoms with van der Waals surface area (Å²) < 4.78 is 5.15. The van der Waals surface area contributed by atoms with Gasteiger partial charge < -0.3 is 14.5 Å². The minimum atomic E-state index is -0.332. The Balaban J connectivity index is 1.94. The molecule has 5 nitrogen and oxygen atoms in total. The molecule has 148 valence electrons. The molecule has 2 fully saturated rings. The largest absolute Gasteiger partial charge is 0.375 e. The maximum atomic E-state index is 12.8. The third-order valence-electron chi connectivity index (χ3n) is 6.32. The number of methoxy groups -OCH3 is 1. The molecule has 5 heteroatoms. The molecule has 2 heterocycles. The molecule has 0 radical (unpaired) electrons. The third kappa shape index (κ3) is 4.03. The third-order valence-corrected chi connectivity index (χ3v) is 6.32.